The van der Waals surface area contributed by atoms with Gasteiger partial charge in [0.1, 0.15) is 0 Å². The molecule has 0 bridgehead atoms. The molecule has 0 fully saturated rings. The van der Waals surface area contributed by atoms with Crippen molar-refractivity contribution in [1.29, 1.82) is 0 Å². The van der Waals surface area contributed by atoms with Crippen LogP contribution < -0.4 is 10.2 Å². The summed E-state index contributed by atoms with van der Waals surface area (Å²) in [6.07, 6.45) is 4.71. The molecule has 2 heterocycles. The Labute approximate surface area is 141 Å². The van der Waals surface area contributed by atoms with Gasteiger partial charge in [-0.1, -0.05) is 6.92 Å². The number of hydrogen-bond donors (Lipinski definition) is 1. The second kappa shape index (κ2) is 6.83. The predicted octanol–water partition coefficient (Wildman–Crippen LogP) is 2.87. The highest BCUT2D eigenvalue weighted by molar-refractivity contribution is 5.98. The standard InChI is InChI=1S/C19H21N3O2/c1-3-18(23)22-11-8-15-12-16(4-5-17(15)22)19(24)21-13(2)14-6-9-20-10-7-14/h4-7,9-10,12-13H,3,8,11H2,1-2H3,(H,21,24)/t13-/m1/s1. The van der Waals surface area contributed by atoms with Gasteiger partial charge < -0.3 is 10.2 Å². The molecular formula is C19H21N3O2. The van der Waals surface area contributed by atoms with E-state index in [1.165, 1.54) is 0 Å². The van der Waals surface area contributed by atoms with Crippen LogP contribution in [0.15, 0.2) is 42.7 Å². The maximum absolute atomic E-state index is 12.5. The highest BCUT2D eigenvalue weighted by Gasteiger charge is 2.24. The number of nitrogens with zero attached hydrogens (tertiary/aromatic N) is 2. The van der Waals surface area contributed by atoms with Crippen LogP contribution in [0.1, 0.15) is 47.8 Å². The Hall–Kier alpha value is -2.69. The number of nitrogens with one attached hydrogen (secondary N) is 1. The van der Waals surface area contributed by atoms with Gasteiger partial charge in [0.15, 0.2) is 0 Å². The third kappa shape index (κ3) is 3.15. The Morgan fingerprint density at radius 2 is 2.00 bits per heavy atom. The average molecular weight is 323 g/mol. The molecule has 5 heteroatoms. The first-order valence-corrected chi connectivity index (χ1v) is 8.24. The molecule has 3 rings (SSSR count). The Morgan fingerprint density at radius 3 is 2.71 bits per heavy atom. The van der Waals surface area contributed by atoms with E-state index < -0.39 is 0 Å². The Kier molecular flexibility index (Phi) is 4.60. The zero-order valence-corrected chi connectivity index (χ0v) is 14.0. The third-order valence-corrected chi connectivity index (χ3v) is 4.39. The number of aromatic nitrogens is 1. The summed E-state index contributed by atoms with van der Waals surface area (Å²) in [4.78, 5) is 30.2. The van der Waals surface area contributed by atoms with E-state index in [-0.39, 0.29) is 17.9 Å². The van der Waals surface area contributed by atoms with Crippen LogP contribution in [0.3, 0.4) is 0 Å². The summed E-state index contributed by atoms with van der Waals surface area (Å²) in [6.45, 7) is 4.51. The number of benzene rings is 1. The van der Waals surface area contributed by atoms with Gasteiger partial charge in [0.25, 0.3) is 5.91 Å². The molecule has 5 nitrogen and oxygen atoms in total. The molecule has 0 saturated carbocycles. The van der Waals surface area contributed by atoms with Gasteiger partial charge in [0.05, 0.1) is 6.04 Å². The molecule has 0 aliphatic carbocycles. The lowest BCUT2D eigenvalue weighted by Gasteiger charge is -2.17. The summed E-state index contributed by atoms with van der Waals surface area (Å²) in [6, 6.07) is 9.25. The van der Waals surface area contributed by atoms with Crippen molar-refractivity contribution in [2.24, 2.45) is 0 Å². The van der Waals surface area contributed by atoms with Gasteiger partial charge in [0, 0.05) is 36.6 Å². The van der Waals surface area contributed by atoms with Crippen LogP contribution in [0.4, 0.5) is 5.69 Å². The largest absolute Gasteiger partial charge is 0.346 e. The smallest absolute Gasteiger partial charge is 0.251 e. The van der Waals surface area contributed by atoms with Gasteiger partial charge >= 0.3 is 0 Å². The van der Waals surface area contributed by atoms with Crippen molar-refractivity contribution in [3.05, 3.63) is 59.4 Å². The van der Waals surface area contributed by atoms with Crippen LogP contribution in [-0.2, 0) is 11.2 Å². The molecule has 124 valence electrons. The number of fused-ring (bicyclic) bond motifs is 1. The monoisotopic (exact) mass is 323 g/mol. The Morgan fingerprint density at radius 1 is 1.25 bits per heavy atom. The average Bonchev–Trinajstić information content (AvgIpc) is 3.04. The van der Waals surface area contributed by atoms with Crippen molar-refractivity contribution in [1.82, 2.24) is 10.3 Å². The van der Waals surface area contributed by atoms with Crippen molar-refractivity contribution >= 4 is 17.5 Å². The zero-order chi connectivity index (χ0) is 17.1. The van der Waals surface area contributed by atoms with Crippen molar-refractivity contribution < 1.29 is 9.59 Å². The molecule has 1 aromatic carbocycles. The van der Waals surface area contributed by atoms with E-state index in [4.69, 9.17) is 0 Å². The molecule has 0 radical (unpaired) electrons. The third-order valence-electron chi connectivity index (χ3n) is 4.39. The number of carbonyl (C=O) groups is 2. The van der Waals surface area contributed by atoms with E-state index in [9.17, 15) is 9.59 Å². The second-order valence-electron chi connectivity index (χ2n) is 5.97. The van der Waals surface area contributed by atoms with E-state index in [1.54, 1.807) is 23.4 Å². The molecule has 1 aliphatic heterocycles. The topological polar surface area (TPSA) is 62.3 Å². The summed E-state index contributed by atoms with van der Waals surface area (Å²) >= 11 is 0. The fourth-order valence-electron chi connectivity index (χ4n) is 3.01. The van der Waals surface area contributed by atoms with Gasteiger partial charge in [-0.05, 0) is 54.8 Å². The highest BCUT2D eigenvalue weighted by atomic mass is 16.2. The van der Waals surface area contributed by atoms with E-state index in [1.807, 2.05) is 38.1 Å². The van der Waals surface area contributed by atoms with Gasteiger partial charge in [-0.15, -0.1) is 0 Å². The van der Waals surface area contributed by atoms with Gasteiger partial charge in [-0.3, -0.25) is 14.6 Å². The number of anilines is 1. The summed E-state index contributed by atoms with van der Waals surface area (Å²) in [5.41, 5.74) is 3.63. The van der Waals surface area contributed by atoms with E-state index in [0.29, 0.717) is 18.5 Å². The molecule has 0 spiro atoms. The lowest BCUT2D eigenvalue weighted by atomic mass is 10.1. The van der Waals surface area contributed by atoms with E-state index in [0.717, 1.165) is 23.2 Å². The summed E-state index contributed by atoms with van der Waals surface area (Å²) in [5, 5.41) is 3.00. The summed E-state index contributed by atoms with van der Waals surface area (Å²) in [5.74, 6) is 0.0136. The van der Waals surface area contributed by atoms with Crippen molar-refractivity contribution in [2.45, 2.75) is 32.7 Å². The minimum atomic E-state index is -0.109. The molecule has 2 aromatic rings. The number of rotatable bonds is 4. The molecular weight excluding hydrogens is 302 g/mol. The second-order valence-corrected chi connectivity index (χ2v) is 5.97. The van der Waals surface area contributed by atoms with Crippen molar-refractivity contribution in [3.63, 3.8) is 0 Å². The first kappa shape index (κ1) is 16.2. The molecule has 0 unspecified atom stereocenters. The fourth-order valence-corrected chi connectivity index (χ4v) is 3.01. The number of amides is 2. The summed E-state index contributed by atoms with van der Waals surface area (Å²) in [7, 11) is 0. The first-order valence-electron chi connectivity index (χ1n) is 8.24. The normalized spacial score (nSPS) is 14.2. The van der Waals surface area contributed by atoms with Crippen molar-refractivity contribution in [3.8, 4) is 0 Å². The summed E-state index contributed by atoms with van der Waals surface area (Å²) < 4.78 is 0. The van der Waals surface area contributed by atoms with Crippen LogP contribution in [0.5, 0.6) is 0 Å². The number of hydrogen-bond acceptors (Lipinski definition) is 3. The quantitative estimate of drug-likeness (QED) is 0.941. The number of pyridine rings is 1. The minimum absolute atomic E-state index is 0.0908. The van der Waals surface area contributed by atoms with E-state index >= 15 is 0 Å². The SMILES string of the molecule is CCC(=O)N1CCc2cc(C(=O)N[C@H](C)c3ccncc3)ccc21. The molecule has 1 aromatic heterocycles. The molecule has 2 amide bonds. The van der Waals surface area contributed by atoms with Crippen LogP contribution >= 0.6 is 0 Å². The molecule has 24 heavy (non-hydrogen) atoms. The maximum Gasteiger partial charge on any atom is 0.251 e. The van der Waals surface area contributed by atoms with Crippen LogP contribution in [0, 0.1) is 0 Å². The lowest BCUT2D eigenvalue weighted by Crippen LogP contribution is -2.28. The molecule has 1 N–H and O–H groups in total. The minimum Gasteiger partial charge on any atom is -0.346 e. The number of carbonyl (C=O) groups excluding carboxylic acids is 2. The predicted molar refractivity (Wildman–Crippen MR) is 92.9 cm³/mol. The Balaban J connectivity index is 1.74. The van der Waals surface area contributed by atoms with E-state index in [2.05, 4.69) is 10.3 Å². The van der Waals surface area contributed by atoms with Gasteiger partial charge in [0.2, 0.25) is 5.91 Å². The molecule has 1 aliphatic rings. The lowest BCUT2D eigenvalue weighted by molar-refractivity contribution is -0.118. The fraction of sp³-hybridized carbons (Fsp3) is 0.316. The molecule has 1 atom stereocenters. The first-order chi connectivity index (χ1) is 11.6. The van der Waals surface area contributed by atoms with Crippen LogP contribution in [-0.4, -0.2) is 23.3 Å². The maximum atomic E-state index is 12.5. The Bertz CT molecular complexity index is 758. The van der Waals surface area contributed by atoms with Crippen LogP contribution in [0.25, 0.3) is 0 Å². The van der Waals surface area contributed by atoms with Crippen molar-refractivity contribution in [2.75, 3.05) is 11.4 Å². The van der Waals surface area contributed by atoms with Gasteiger partial charge in [-0.25, -0.2) is 0 Å². The van der Waals surface area contributed by atoms with Crippen LogP contribution in [0.2, 0.25) is 0 Å². The van der Waals surface area contributed by atoms with Gasteiger partial charge in [-0.2, -0.15) is 0 Å². The molecule has 0 saturated heterocycles. The highest BCUT2D eigenvalue weighted by Crippen LogP contribution is 2.29. The zero-order valence-electron chi connectivity index (χ0n) is 14.0.